The van der Waals surface area contributed by atoms with Crippen molar-refractivity contribution in [3.8, 4) is 5.95 Å². The molecule has 0 saturated heterocycles. The standard InChI is InChI=1S/C9H9NO6/c10-6(9(13)14)1-5-2-7(12)16-8(3-5)15-4-11/h2-4,6H,1,10H2,(H,13,14)/t6-/m0/s1. The van der Waals surface area contributed by atoms with Crippen LogP contribution in [0.2, 0.25) is 0 Å². The van der Waals surface area contributed by atoms with Crippen molar-refractivity contribution in [2.24, 2.45) is 5.73 Å². The fourth-order valence-electron chi connectivity index (χ4n) is 1.07. The molecule has 0 radical (unpaired) electrons. The van der Waals surface area contributed by atoms with Gasteiger partial charge in [-0.25, -0.2) is 4.79 Å². The highest BCUT2D eigenvalue weighted by Crippen LogP contribution is 2.10. The summed E-state index contributed by atoms with van der Waals surface area (Å²) in [4.78, 5) is 31.5. The summed E-state index contributed by atoms with van der Waals surface area (Å²) < 4.78 is 8.84. The van der Waals surface area contributed by atoms with Crippen LogP contribution in [-0.4, -0.2) is 23.6 Å². The second-order valence-corrected chi connectivity index (χ2v) is 2.97. The van der Waals surface area contributed by atoms with Gasteiger partial charge in [0.05, 0.1) is 0 Å². The number of rotatable bonds is 5. The Bertz CT molecular complexity index is 452. The van der Waals surface area contributed by atoms with E-state index in [-0.39, 0.29) is 18.8 Å². The predicted octanol–water partition coefficient (Wildman–Crippen LogP) is -0.871. The first-order valence-corrected chi connectivity index (χ1v) is 4.25. The maximum Gasteiger partial charge on any atom is 0.338 e. The smallest absolute Gasteiger partial charge is 0.338 e. The van der Waals surface area contributed by atoms with E-state index in [0.29, 0.717) is 5.56 Å². The summed E-state index contributed by atoms with van der Waals surface area (Å²) in [5.74, 6) is -1.49. The first-order valence-electron chi connectivity index (χ1n) is 4.25. The van der Waals surface area contributed by atoms with Crippen LogP contribution < -0.4 is 16.1 Å². The van der Waals surface area contributed by atoms with Gasteiger partial charge in [0.25, 0.3) is 5.95 Å². The Hall–Kier alpha value is -2.15. The molecule has 0 amide bonds. The van der Waals surface area contributed by atoms with E-state index in [1.54, 1.807) is 0 Å². The molecule has 86 valence electrons. The summed E-state index contributed by atoms with van der Waals surface area (Å²) >= 11 is 0. The minimum atomic E-state index is -1.19. The molecule has 0 saturated carbocycles. The summed E-state index contributed by atoms with van der Waals surface area (Å²) in [5, 5.41) is 8.57. The molecule has 7 nitrogen and oxygen atoms in total. The van der Waals surface area contributed by atoms with Crippen LogP contribution in [0.1, 0.15) is 5.56 Å². The summed E-state index contributed by atoms with van der Waals surface area (Å²) in [7, 11) is 0. The fraction of sp³-hybridized carbons (Fsp3) is 0.222. The number of carbonyl (C=O) groups is 2. The van der Waals surface area contributed by atoms with Crippen LogP contribution in [0.15, 0.2) is 21.3 Å². The van der Waals surface area contributed by atoms with E-state index in [4.69, 9.17) is 10.8 Å². The third-order valence-corrected chi connectivity index (χ3v) is 1.74. The highest BCUT2D eigenvalue weighted by atomic mass is 16.6. The minimum absolute atomic E-state index is 0.0594. The molecular weight excluding hydrogens is 218 g/mol. The van der Waals surface area contributed by atoms with E-state index in [0.717, 1.165) is 6.07 Å². The molecule has 1 heterocycles. The highest BCUT2D eigenvalue weighted by Gasteiger charge is 2.13. The topological polar surface area (TPSA) is 120 Å². The SMILES string of the molecule is N[C@@H](Cc1cc(OC=O)oc(=O)c1)C(=O)O. The molecule has 0 aromatic carbocycles. The number of hydrogen-bond donors (Lipinski definition) is 2. The van der Waals surface area contributed by atoms with Crippen molar-refractivity contribution < 1.29 is 23.8 Å². The molecule has 0 spiro atoms. The lowest BCUT2D eigenvalue weighted by molar-refractivity contribution is -0.138. The number of carbonyl (C=O) groups excluding carboxylic acids is 1. The molecule has 1 rings (SSSR count). The van der Waals surface area contributed by atoms with Crippen LogP contribution in [0.3, 0.4) is 0 Å². The molecule has 16 heavy (non-hydrogen) atoms. The number of hydrogen-bond acceptors (Lipinski definition) is 6. The van der Waals surface area contributed by atoms with Gasteiger partial charge in [0.2, 0.25) is 0 Å². The van der Waals surface area contributed by atoms with Crippen LogP contribution in [0, 0.1) is 0 Å². The average molecular weight is 227 g/mol. The Morgan fingerprint density at radius 3 is 2.88 bits per heavy atom. The number of aliphatic carboxylic acids is 1. The van der Waals surface area contributed by atoms with Crippen molar-refractivity contribution in [2.75, 3.05) is 0 Å². The summed E-state index contributed by atoms with van der Waals surface area (Å²) in [6, 6.07) is 1.19. The van der Waals surface area contributed by atoms with E-state index in [9.17, 15) is 14.4 Å². The second-order valence-electron chi connectivity index (χ2n) is 2.97. The quantitative estimate of drug-likeness (QED) is 0.627. The van der Waals surface area contributed by atoms with Gasteiger partial charge in [0.15, 0.2) is 0 Å². The molecule has 1 aromatic rings. The molecule has 7 heteroatoms. The van der Waals surface area contributed by atoms with Gasteiger partial charge in [-0.2, -0.15) is 0 Å². The monoisotopic (exact) mass is 227 g/mol. The van der Waals surface area contributed by atoms with Crippen molar-refractivity contribution in [1.82, 2.24) is 0 Å². The summed E-state index contributed by atoms with van der Waals surface area (Å²) in [5.41, 5.74) is 4.86. The van der Waals surface area contributed by atoms with Crippen molar-refractivity contribution in [3.63, 3.8) is 0 Å². The lowest BCUT2D eigenvalue weighted by Gasteiger charge is -2.05. The zero-order valence-corrected chi connectivity index (χ0v) is 8.08. The summed E-state index contributed by atoms with van der Waals surface area (Å²) in [6.07, 6.45) is -0.0594. The van der Waals surface area contributed by atoms with Gasteiger partial charge in [-0.15, -0.1) is 0 Å². The number of carboxylic acids is 1. The maximum atomic E-state index is 11.0. The highest BCUT2D eigenvalue weighted by molar-refractivity contribution is 5.73. The zero-order valence-electron chi connectivity index (χ0n) is 8.08. The van der Waals surface area contributed by atoms with Crippen LogP contribution in [-0.2, 0) is 16.0 Å². The van der Waals surface area contributed by atoms with Gasteiger partial charge >= 0.3 is 18.1 Å². The zero-order chi connectivity index (χ0) is 12.1. The normalized spacial score (nSPS) is 11.8. The molecule has 0 aliphatic carbocycles. The minimum Gasteiger partial charge on any atom is -0.480 e. The Morgan fingerprint density at radius 1 is 1.62 bits per heavy atom. The first kappa shape index (κ1) is 11.9. The summed E-state index contributed by atoms with van der Waals surface area (Å²) in [6.45, 7) is 0.0964. The van der Waals surface area contributed by atoms with E-state index in [2.05, 4.69) is 9.15 Å². The van der Waals surface area contributed by atoms with Crippen LogP contribution in [0.25, 0.3) is 0 Å². The van der Waals surface area contributed by atoms with E-state index in [1.807, 2.05) is 0 Å². The Kier molecular flexibility index (Phi) is 3.78. The number of ether oxygens (including phenoxy) is 1. The Balaban J connectivity index is 2.92. The van der Waals surface area contributed by atoms with E-state index >= 15 is 0 Å². The fourth-order valence-corrected chi connectivity index (χ4v) is 1.07. The lowest BCUT2D eigenvalue weighted by atomic mass is 10.1. The third-order valence-electron chi connectivity index (χ3n) is 1.74. The van der Waals surface area contributed by atoms with Gasteiger partial charge in [-0.05, 0) is 12.0 Å². The molecule has 0 aliphatic rings. The Labute approximate surface area is 89.4 Å². The van der Waals surface area contributed by atoms with Gasteiger partial charge in [0.1, 0.15) is 6.04 Å². The number of nitrogens with two attached hydrogens (primary N) is 1. The second kappa shape index (κ2) is 5.08. The van der Waals surface area contributed by atoms with Gasteiger partial charge in [0, 0.05) is 12.1 Å². The lowest BCUT2D eigenvalue weighted by Crippen LogP contribution is -2.32. The molecule has 1 atom stereocenters. The van der Waals surface area contributed by atoms with Crippen LogP contribution in [0.5, 0.6) is 5.95 Å². The maximum absolute atomic E-state index is 11.0. The first-order chi connectivity index (χ1) is 7.52. The van der Waals surface area contributed by atoms with Crippen molar-refractivity contribution in [2.45, 2.75) is 12.5 Å². The Morgan fingerprint density at radius 2 is 2.31 bits per heavy atom. The average Bonchev–Trinajstić information content (AvgIpc) is 2.16. The molecule has 0 bridgehead atoms. The molecule has 3 N–H and O–H groups in total. The van der Waals surface area contributed by atoms with Gasteiger partial charge < -0.3 is 20.0 Å². The van der Waals surface area contributed by atoms with Gasteiger partial charge in [-0.1, -0.05) is 0 Å². The van der Waals surface area contributed by atoms with Crippen molar-refractivity contribution >= 4 is 12.4 Å². The van der Waals surface area contributed by atoms with Crippen LogP contribution in [0.4, 0.5) is 0 Å². The third kappa shape index (κ3) is 3.21. The molecule has 0 fully saturated rings. The number of carboxylic acid groups (broad SMARTS) is 1. The van der Waals surface area contributed by atoms with E-state index in [1.165, 1.54) is 6.07 Å². The molecular formula is C9H9NO6. The largest absolute Gasteiger partial charge is 0.480 e. The van der Waals surface area contributed by atoms with Crippen molar-refractivity contribution in [3.05, 3.63) is 28.1 Å². The van der Waals surface area contributed by atoms with Crippen molar-refractivity contribution in [1.29, 1.82) is 0 Å². The van der Waals surface area contributed by atoms with Gasteiger partial charge in [-0.3, -0.25) is 9.59 Å². The molecule has 0 aliphatic heterocycles. The molecule has 0 unspecified atom stereocenters. The van der Waals surface area contributed by atoms with Crippen LogP contribution >= 0.6 is 0 Å². The van der Waals surface area contributed by atoms with E-state index < -0.39 is 17.6 Å². The molecule has 1 aromatic heterocycles. The predicted molar refractivity (Wildman–Crippen MR) is 51.0 cm³/mol.